The van der Waals surface area contributed by atoms with E-state index in [2.05, 4.69) is 0 Å². The zero-order chi connectivity index (χ0) is 15.5. The number of aromatic carboxylic acids is 1. The van der Waals surface area contributed by atoms with E-state index in [4.69, 9.17) is 9.57 Å². The number of methoxy groups -OCH3 is 1. The van der Waals surface area contributed by atoms with Gasteiger partial charge in [0.1, 0.15) is 9.77 Å². The number of carboxylic acids is 1. The van der Waals surface area contributed by atoms with Crippen LogP contribution in [-0.4, -0.2) is 39.8 Å². The van der Waals surface area contributed by atoms with Crippen LogP contribution in [0.4, 0.5) is 0 Å². The Bertz CT molecular complexity index is 752. The lowest BCUT2D eigenvalue weighted by molar-refractivity contribution is 0.0438. The number of hydrogen-bond donors (Lipinski definition) is 2. The normalized spacial score (nSPS) is 11.9. The molecule has 0 spiro atoms. The smallest absolute Gasteiger partial charge is 0.347 e. The highest BCUT2D eigenvalue weighted by atomic mass is 32.2. The molecule has 0 saturated carbocycles. The van der Waals surface area contributed by atoms with Crippen LogP contribution < -0.4 is 4.89 Å². The number of nitrogens with one attached hydrogen (secondary N) is 1. The van der Waals surface area contributed by atoms with E-state index in [1.165, 1.54) is 7.11 Å². The summed E-state index contributed by atoms with van der Waals surface area (Å²) < 4.78 is 29.8. The fourth-order valence-corrected chi connectivity index (χ4v) is 4.29. The standard InChI is InChI=1S/C12H13NO6S2/c1-18-6-7-19-13-21(16,17)11-8-4-2-3-5-9(8)20-10(11)12(14)15/h2-5,13H,6-7H2,1H3,(H,14,15). The fourth-order valence-electron chi connectivity index (χ4n) is 1.72. The number of carbonyl (C=O) groups is 1. The van der Waals surface area contributed by atoms with Crippen molar-refractivity contribution in [3.63, 3.8) is 0 Å². The van der Waals surface area contributed by atoms with Gasteiger partial charge in [-0.2, -0.15) is 0 Å². The molecule has 0 unspecified atom stereocenters. The Labute approximate surface area is 125 Å². The summed E-state index contributed by atoms with van der Waals surface area (Å²) in [6.07, 6.45) is 0. The SMILES string of the molecule is COCCONS(=O)(=O)c1c(C(=O)O)sc2ccccc12. The molecule has 0 amide bonds. The predicted octanol–water partition coefficient (Wildman–Crippen LogP) is 1.46. The van der Waals surface area contributed by atoms with Gasteiger partial charge in [0.05, 0.1) is 13.2 Å². The van der Waals surface area contributed by atoms with Gasteiger partial charge in [-0.15, -0.1) is 11.3 Å². The maximum atomic E-state index is 12.3. The van der Waals surface area contributed by atoms with E-state index in [9.17, 15) is 18.3 Å². The van der Waals surface area contributed by atoms with Crippen LogP contribution in [0.1, 0.15) is 9.67 Å². The van der Waals surface area contributed by atoms with Crippen molar-refractivity contribution in [1.82, 2.24) is 4.89 Å². The first-order valence-corrected chi connectivity index (χ1v) is 8.14. The number of benzene rings is 1. The third kappa shape index (κ3) is 3.39. The number of rotatable bonds is 7. The molecule has 0 atom stereocenters. The first-order valence-electron chi connectivity index (χ1n) is 5.84. The van der Waals surface area contributed by atoms with Crippen LogP contribution in [0.2, 0.25) is 0 Å². The molecule has 2 aromatic rings. The minimum atomic E-state index is -4.10. The van der Waals surface area contributed by atoms with Gasteiger partial charge >= 0.3 is 5.97 Å². The van der Waals surface area contributed by atoms with Gasteiger partial charge in [0.25, 0.3) is 10.0 Å². The lowest BCUT2D eigenvalue weighted by Crippen LogP contribution is -2.26. The molecular weight excluding hydrogens is 318 g/mol. The number of fused-ring (bicyclic) bond motifs is 1. The van der Waals surface area contributed by atoms with E-state index < -0.39 is 16.0 Å². The highest BCUT2D eigenvalue weighted by Crippen LogP contribution is 2.34. The number of thiophene rings is 1. The Morgan fingerprint density at radius 2 is 2.05 bits per heavy atom. The summed E-state index contributed by atoms with van der Waals surface area (Å²) in [5.74, 6) is -1.30. The van der Waals surface area contributed by atoms with Gasteiger partial charge in [-0.25, -0.2) is 13.2 Å². The fraction of sp³-hybridized carbons (Fsp3) is 0.250. The van der Waals surface area contributed by atoms with Crippen molar-refractivity contribution < 1.29 is 27.9 Å². The minimum absolute atomic E-state index is 0.0141. The predicted molar refractivity (Wildman–Crippen MR) is 76.9 cm³/mol. The Kier molecular flexibility index (Phi) is 4.91. The summed E-state index contributed by atoms with van der Waals surface area (Å²) in [4.78, 5) is 17.5. The van der Waals surface area contributed by atoms with Gasteiger partial charge in [0, 0.05) is 17.2 Å². The Balaban J connectivity index is 2.43. The second-order valence-corrected chi connectivity index (χ2v) is 6.62. The van der Waals surface area contributed by atoms with Gasteiger partial charge in [-0.3, -0.25) is 4.84 Å². The zero-order valence-electron chi connectivity index (χ0n) is 11.0. The molecule has 0 fully saturated rings. The monoisotopic (exact) mass is 331 g/mol. The Hall–Kier alpha value is -1.52. The molecule has 0 aliphatic heterocycles. The minimum Gasteiger partial charge on any atom is -0.477 e. The van der Waals surface area contributed by atoms with Gasteiger partial charge in [0.2, 0.25) is 0 Å². The van der Waals surface area contributed by atoms with E-state index in [1.54, 1.807) is 24.3 Å². The van der Waals surface area contributed by atoms with Crippen molar-refractivity contribution in [2.45, 2.75) is 4.90 Å². The number of sulfonamides is 1. The molecular formula is C12H13NO6S2. The molecule has 0 saturated heterocycles. The quantitative estimate of drug-likeness (QED) is 0.588. The molecule has 2 N–H and O–H groups in total. The second kappa shape index (κ2) is 6.50. The summed E-state index contributed by atoms with van der Waals surface area (Å²) in [5.41, 5.74) is 0. The molecule has 7 nitrogen and oxygen atoms in total. The maximum Gasteiger partial charge on any atom is 0.347 e. The molecule has 21 heavy (non-hydrogen) atoms. The van der Waals surface area contributed by atoms with Crippen LogP contribution in [0.3, 0.4) is 0 Å². The number of carboxylic acid groups (broad SMARTS) is 1. The van der Waals surface area contributed by atoms with Gasteiger partial charge < -0.3 is 9.84 Å². The molecule has 2 rings (SSSR count). The summed E-state index contributed by atoms with van der Waals surface area (Å²) in [6.45, 7) is 0.221. The summed E-state index contributed by atoms with van der Waals surface area (Å²) in [6, 6.07) is 6.58. The average Bonchev–Trinajstić information content (AvgIpc) is 2.84. The number of ether oxygens (including phenoxy) is 1. The van der Waals surface area contributed by atoms with Gasteiger partial charge in [-0.05, 0) is 6.07 Å². The van der Waals surface area contributed by atoms with Crippen molar-refractivity contribution in [3.05, 3.63) is 29.1 Å². The van der Waals surface area contributed by atoms with E-state index in [-0.39, 0.29) is 23.0 Å². The van der Waals surface area contributed by atoms with Gasteiger partial charge in [-0.1, -0.05) is 23.1 Å². The van der Waals surface area contributed by atoms with Crippen LogP contribution in [0.15, 0.2) is 29.2 Å². The van der Waals surface area contributed by atoms with E-state index in [0.717, 1.165) is 11.3 Å². The molecule has 0 aliphatic carbocycles. The van der Waals surface area contributed by atoms with Crippen LogP contribution in [-0.2, 0) is 19.6 Å². The van der Waals surface area contributed by atoms with Crippen molar-refractivity contribution in [2.24, 2.45) is 0 Å². The van der Waals surface area contributed by atoms with Crippen LogP contribution >= 0.6 is 11.3 Å². The molecule has 114 valence electrons. The Morgan fingerprint density at radius 1 is 1.33 bits per heavy atom. The van der Waals surface area contributed by atoms with Crippen molar-refractivity contribution >= 4 is 37.4 Å². The van der Waals surface area contributed by atoms with E-state index in [1.807, 2.05) is 4.89 Å². The molecule has 1 heterocycles. The van der Waals surface area contributed by atoms with Crippen molar-refractivity contribution in [1.29, 1.82) is 0 Å². The lowest BCUT2D eigenvalue weighted by atomic mass is 10.2. The zero-order valence-corrected chi connectivity index (χ0v) is 12.7. The topological polar surface area (TPSA) is 102 Å². The molecule has 0 aliphatic rings. The highest BCUT2D eigenvalue weighted by Gasteiger charge is 2.28. The van der Waals surface area contributed by atoms with Crippen molar-refractivity contribution in [3.8, 4) is 0 Å². The third-order valence-electron chi connectivity index (χ3n) is 2.57. The van der Waals surface area contributed by atoms with Crippen LogP contribution in [0.25, 0.3) is 10.1 Å². The Morgan fingerprint density at radius 3 is 2.71 bits per heavy atom. The maximum absolute atomic E-state index is 12.3. The van der Waals surface area contributed by atoms with Gasteiger partial charge in [0.15, 0.2) is 0 Å². The van der Waals surface area contributed by atoms with Crippen LogP contribution in [0.5, 0.6) is 0 Å². The summed E-state index contributed by atoms with van der Waals surface area (Å²) in [7, 11) is -2.65. The van der Waals surface area contributed by atoms with Crippen molar-refractivity contribution in [2.75, 3.05) is 20.3 Å². The first-order chi connectivity index (χ1) is 9.97. The van der Waals surface area contributed by atoms with Crippen LogP contribution in [0, 0.1) is 0 Å². The average molecular weight is 331 g/mol. The molecule has 1 aromatic carbocycles. The molecule has 9 heteroatoms. The van der Waals surface area contributed by atoms with E-state index >= 15 is 0 Å². The lowest BCUT2D eigenvalue weighted by Gasteiger charge is -2.07. The molecule has 0 bridgehead atoms. The second-order valence-electron chi connectivity index (χ2n) is 3.99. The molecule has 1 aromatic heterocycles. The molecule has 0 radical (unpaired) electrons. The highest BCUT2D eigenvalue weighted by molar-refractivity contribution is 7.89. The third-order valence-corrected chi connectivity index (χ3v) is 5.16. The summed E-state index contributed by atoms with van der Waals surface area (Å²) in [5, 5.41) is 9.55. The largest absolute Gasteiger partial charge is 0.477 e. The summed E-state index contributed by atoms with van der Waals surface area (Å²) >= 11 is 0.904. The van der Waals surface area contributed by atoms with E-state index in [0.29, 0.717) is 10.1 Å². The number of hydrogen-bond acceptors (Lipinski definition) is 6. The first kappa shape index (κ1) is 15.9.